The largest absolute Gasteiger partial charge is 0.357 e. The van der Waals surface area contributed by atoms with E-state index in [2.05, 4.69) is 20.4 Å². The Morgan fingerprint density at radius 2 is 1.83 bits per heavy atom. The molecule has 0 aliphatic carbocycles. The van der Waals surface area contributed by atoms with Crippen LogP contribution in [0.15, 0.2) is 42.5 Å². The number of benzene rings is 1. The van der Waals surface area contributed by atoms with E-state index in [4.69, 9.17) is 0 Å². The highest BCUT2D eigenvalue weighted by molar-refractivity contribution is 5.59. The van der Waals surface area contributed by atoms with Crippen LogP contribution in [0.2, 0.25) is 0 Å². The lowest BCUT2D eigenvalue weighted by Crippen LogP contribution is -2.27. The van der Waals surface area contributed by atoms with Crippen LogP contribution < -0.4 is 10.2 Å². The fourth-order valence-corrected chi connectivity index (χ4v) is 1.69. The molecule has 0 bridgehead atoms. The van der Waals surface area contributed by atoms with Gasteiger partial charge < -0.3 is 10.2 Å². The number of aromatic nitrogens is 2. The van der Waals surface area contributed by atoms with Crippen molar-refractivity contribution in [2.45, 2.75) is 0 Å². The second-order valence-corrected chi connectivity index (χ2v) is 4.17. The van der Waals surface area contributed by atoms with Gasteiger partial charge in [0.05, 0.1) is 5.69 Å². The van der Waals surface area contributed by atoms with Gasteiger partial charge in [-0.2, -0.15) is 0 Å². The summed E-state index contributed by atoms with van der Waals surface area (Å²) in [5, 5.41) is 11.6. The molecule has 2 aromatic rings. The molecule has 0 radical (unpaired) electrons. The van der Waals surface area contributed by atoms with Gasteiger partial charge in [-0.25, -0.2) is 0 Å². The maximum Gasteiger partial charge on any atom is 0.151 e. The van der Waals surface area contributed by atoms with E-state index in [-0.39, 0.29) is 0 Å². The van der Waals surface area contributed by atoms with Gasteiger partial charge in [0, 0.05) is 25.7 Å². The van der Waals surface area contributed by atoms with Crippen molar-refractivity contribution in [3.63, 3.8) is 0 Å². The van der Waals surface area contributed by atoms with E-state index in [9.17, 15) is 0 Å². The molecule has 0 fully saturated rings. The molecule has 0 spiro atoms. The number of rotatable bonds is 5. The first-order chi connectivity index (χ1) is 8.81. The summed E-state index contributed by atoms with van der Waals surface area (Å²) in [7, 11) is 3.96. The number of nitrogens with zero attached hydrogens (tertiary/aromatic N) is 3. The van der Waals surface area contributed by atoms with Crippen molar-refractivity contribution in [1.29, 1.82) is 0 Å². The molecule has 0 aliphatic rings. The molecule has 0 unspecified atom stereocenters. The Labute approximate surface area is 108 Å². The Bertz CT molecular complexity index is 467. The summed E-state index contributed by atoms with van der Waals surface area (Å²) in [5.41, 5.74) is 2.00. The van der Waals surface area contributed by atoms with Gasteiger partial charge in [0.2, 0.25) is 0 Å². The lowest BCUT2D eigenvalue weighted by atomic mass is 10.1. The topological polar surface area (TPSA) is 41.0 Å². The molecule has 0 saturated heterocycles. The molecule has 18 heavy (non-hydrogen) atoms. The number of likely N-dealkylation sites (N-methyl/N-ethyl adjacent to an activating group) is 2. The Hall–Kier alpha value is -1.94. The standard InChI is InChI=1S/C14H18N4/c1-15-10-11-18(2)14-9-8-13(16-17-14)12-6-4-3-5-7-12/h3-9,15H,10-11H2,1-2H3. The van der Waals surface area contributed by atoms with Gasteiger partial charge in [-0.3, -0.25) is 0 Å². The van der Waals surface area contributed by atoms with Crippen molar-refractivity contribution in [2.24, 2.45) is 0 Å². The van der Waals surface area contributed by atoms with E-state index in [1.54, 1.807) is 0 Å². The third kappa shape index (κ3) is 3.05. The molecular weight excluding hydrogens is 224 g/mol. The Morgan fingerprint density at radius 1 is 1.06 bits per heavy atom. The summed E-state index contributed by atoms with van der Waals surface area (Å²) in [6.07, 6.45) is 0. The quantitative estimate of drug-likeness (QED) is 0.868. The Balaban J connectivity index is 2.10. The van der Waals surface area contributed by atoms with Crippen LogP contribution in [0.4, 0.5) is 5.82 Å². The van der Waals surface area contributed by atoms with Crippen LogP contribution >= 0.6 is 0 Å². The van der Waals surface area contributed by atoms with Crippen LogP contribution in [0.3, 0.4) is 0 Å². The lowest BCUT2D eigenvalue weighted by molar-refractivity contribution is 0.756. The number of hydrogen-bond acceptors (Lipinski definition) is 4. The number of nitrogens with one attached hydrogen (secondary N) is 1. The monoisotopic (exact) mass is 242 g/mol. The first kappa shape index (κ1) is 12.5. The van der Waals surface area contributed by atoms with Crippen molar-refractivity contribution < 1.29 is 0 Å². The lowest BCUT2D eigenvalue weighted by Gasteiger charge is -2.17. The molecule has 94 valence electrons. The number of hydrogen-bond donors (Lipinski definition) is 1. The second-order valence-electron chi connectivity index (χ2n) is 4.17. The second kappa shape index (κ2) is 6.12. The molecule has 1 aromatic heterocycles. The Morgan fingerprint density at radius 3 is 2.44 bits per heavy atom. The van der Waals surface area contributed by atoms with Crippen LogP contribution in [0.1, 0.15) is 0 Å². The fourth-order valence-electron chi connectivity index (χ4n) is 1.69. The molecule has 1 heterocycles. The summed E-state index contributed by atoms with van der Waals surface area (Å²) in [6.45, 7) is 1.84. The molecule has 0 saturated carbocycles. The minimum atomic E-state index is 0.893. The first-order valence-corrected chi connectivity index (χ1v) is 6.06. The van der Waals surface area contributed by atoms with Crippen LogP contribution in [-0.4, -0.2) is 37.4 Å². The van der Waals surface area contributed by atoms with E-state index in [0.29, 0.717) is 0 Å². The zero-order valence-corrected chi connectivity index (χ0v) is 10.8. The van der Waals surface area contributed by atoms with E-state index in [0.717, 1.165) is 30.2 Å². The summed E-state index contributed by atoms with van der Waals surface area (Å²) in [6, 6.07) is 14.1. The zero-order valence-electron chi connectivity index (χ0n) is 10.8. The average molecular weight is 242 g/mol. The minimum absolute atomic E-state index is 0.893. The maximum absolute atomic E-state index is 4.27. The van der Waals surface area contributed by atoms with E-state index >= 15 is 0 Å². The van der Waals surface area contributed by atoms with Crippen molar-refractivity contribution in [3.8, 4) is 11.3 Å². The van der Waals surface area contributed by atoms with Crippen LogP contribution in [0, 0.1) is 0 Å². The molecule has 0 atom stereocenters. The van der Waals surface area contributed by atoms with E-state index in [1.807, 2.05) is 56.6 Å². The van der Waals surface area contributed by atoms with Crippen molar-refractivity contribution in [3.05, 3.63) is 42.5 Å². The summed E-state index contributed by atoms with van der Waals surface area (Å²) >= 11 is 0. The SMILES string of the molecule is CNCCN(C)c1ccc(-c2ccccc2)nn1. The highest BCUT2D eigenvalue weighted by Gasteiger charge is 2.04. The van der Waals surface area contributed by atoms with Crippen LogP contribution in [-0.2, 0) is 0 Å². The van der Waals surface area contributed by atoms with Crippen molar-refractivity contribution in [1.82, 2.24) is 15.5 Å². The molecule has 2 rings (SSSR count). The van der Waals surface area contributed by atoms with Gasteiger partial charge >= 0.3 is 0 Å². The maximum atomic E-state index is 4.27. The average Bonchev–Trinajstić information content (AvgIpc) is 2.46. The van der Waals surface area contributed by atoms with Gasteiger partial charge in [0.1, 0.15) is 0 Å². The normalized spacial score (nSPS) is 10.3. The molecule has 4 nitrogen and oxygen atoms in total. The summed E-state index contributed by atoms with van der Waals surface area (Å²) < 4.78 is 0. The summed E-state index contributed by atoms with van der Waals surface area (Å²) in [5.74, 6) is 0.893. The van der Waals surface area contributed by atoms with E-state index < -0.39 is 0 Å². The van der Waals surface area contributed by atoms with Gasteiger partial charge in [-0.1, -0.05) is 30.3 Å². The molecule has 0 aliphatic heterocycles. The molecule has 1 N–H and O–H groups in total. The highest BCUT2D eigenvalue weighted by atomic mass is 15.2. The van der Waals surface area contributed by atoms with Crippen LogP contribution in [0.5, 0.6) is 0 Å². The highest BCUT2D eigenvalue weighted by Crippen LogP contribution is 2.17. The molecule has 4 heteroatoms. The van der Waals surface area contributed by atoms with Crippen LogP contribution in [0.25, 0.3) is 11.3 Å². The predicted octanol–water partition coefficient (Wildman–Crippen LogP) is 1.80. The first-order valence-electron chi connectivity index (χ1n) is 6.06. The summed E-state index contributed by atoms with van der Waals surface area (Å²) in [4.78, 5) is 2.08. The van der Waals surface area contributed by atoms with Crippen molar-refractivity contribution in [2.75, 3.05) is 32.1 Å². The fraction of sp³-hybridized carbons (Fsp3) is 0.286. The predicted molar refractivity (Wildman–Crippen MR) is 74.7 cm³/mol. The van der Waals surface area contributed by atoms with Gasteiger partial charge in [-0.15, -0.1) is 10.2 Å². The Kier molecular flexibility index (Phi) is 4.25. The van der Waals surface area contributed by atoms with E-state index in [1.165, 1.54) is 0 Å². The molecule has 1 aromatic carbocycles. The molecule has 0 amide bonds. The third-order valence-electron chi connectivity index (χ3n) is 2.81. The van der Waals surface area contributed by atoms with Gasteiger partial charge in [-0.05, 0) is 19.2 Å². The van der Waals surface area contributed by atoms with Crippen molar-refractivity contribution >= 4 is 5.82 Å². The van der Waals surface area contributed by atoms with Gasteiger partial charge in [0.15, 0.2) is 5.82 Å². The van der Waals surface area contributed by atoms with Gasteiger partial charge in [0.25, 0.3) is 0 Å². The zero-order chi connectivity index (χ0) is 12.8. The molecular formula is C14H18N4. The smallest absolute Gasteiger partial charge is 0.151 e. The minimum Gasteiger partial charge on any atom is -0.357 e. The number of anilines is 1. The third-order valence-corrected chi connectivity index (χ3v) is 2.81.